The van der Waals surface area contributed by atoms with Gasteiger partial charge in [-0.3, -0.25) is 4.79 Å². The second kappa shape index (κ2) is 12.9. The van der Waals surface area contributed by atoms with Crippen LogP contribution in [0.1, 0.15) is 72.6 Å². The molecule has 0 aliphatic carbocycles. The highest BCUT2D eigenvalue weighted by atomic mass is 16.6. The number of nitrogens with one attached hydrogen (secondary N) is 2. The number of carbonyl (C=O) groups excluding carboxylic acids is 3. The maximum Gasteiger partial charge on any atom is 0.408 e. The number of ether oxygens (including phenoxy) is 2. The molecular formula is C28H38N2O5. The molecular weight excluding hydrogens is 444 g/mol. The Morgan fingerprint density at radius 1 is 0.943 bits per heavy atom. The van der Waals surface area contributed by atoms with Crippen LogP contribution in [0.5, 0.6) is 0 Å². The Morgan fingerprint density at radius 3 is 2.17 bits per heavy atom. The second-order valence-electron chi connectivity index (χ2n) is 9.82. The van der Waals surface area contributed by atoms with Crippen LogP contribution in [0.4, 0.5) is 4.79 Å². The molecule has 0 aliphatic heterocycles. The number of esters is 1. The molecule has 0 saturated carbocycles. The highest BCUT2D eigenvalue weighted by molar-refractivity contribution is 5.97. The van der Waals surface area contributed by atoms with Gasteiger partial charge in [-0.05, 0) is 77.5 Å². The van der Waals surface area contributed by atoms with Gasteiger partial charge >= 0.3 is 12.1 Å². The van der Waals surface area contributed by atoms with E-state index in [2.05, 4.69) is 10.6 Å². The van der Waals surface area contributed by atoms with E-state index in [0.717, 1.165) is 22.3 Å². The predicted molar refractivity (Wildman–Crippen MR) is 136 cm³/mol. The maximum atomic E-state index is 12.7. The molecule has 2 aromatic rings. The van der Waals surface area contributed by atoms with Crippen LogP contribution in [-0.2, 0) is 20.9 Å². The highest BCUT2D eigenvalue weighted by Crippen LogP contribution is 2.16. The average molecular weight is 483 g/mol. The summed E-state index contributed by atoms with van der Waals surface area (Å²) in [7, 11) is 0. The smallest absolute Gasteiger partial charge is 0.408 e. The van der Waals surface area contributed by atoms with E-state index >= 15 is 0 Å². The zero-order valence-corrected chi connectivity index (χ0v) is 21.7. The molecule has 2 amide bonds. The van der Waals surface area contributed by atoms with E-state index in [4.69, 9.17) is 9.47 Å². The Labute approximate surface area is 208 Å². The van der Waals surface area contributed by atoms with Crippen molar-refractivity contribution in [1.29, 1.82) is 0 Å². The fourth-order valence-electron chi connectivity index (χ4n) is 3.83. The predicted octanol–water partition coefficient (Wildman–Crippen LogP) is 5.15. The van der Waals surface area contributed by atoms with Crippen molar-refractivity contribution in [2.75, 3.05) is 6.54 Å². The van der Waals surface area contributed by atoms with Crippen LogP contribution in [0.2, 0.25) is 0 Å². The van der Waals surface area contributed by atoms with Gasteiger partial charge < -0.3 is 20.1 Å². The van der Waals surface area contributed by atoms with Crippen molar-refractivity contribution < 1.29 is 23.9 Å². The van der Waals surface area contributed by atoms with E-state index in [1.807, 2.05) is 63.2 Å². The van der Waals surface area contributed by atoms with Gasteiger partial charge in [0.1, 0.15) is 18.2 Å². The lowest BCUT2D eigenvalue weighted by Crippen LogP contribution is -2.44. The monoisotopic (exact) mass is 482 g/mol. The Kier molecular flexibility index (Phi) is 10.3. The number of aryl methyl sites for hydroxylation is 3. The maximum absolute atomic E-state index is 12.7. The minimum Gasteiger partial charge on any atom is -0.458 e. The summed E-state index contributed by atoms with van der Waals surface area (Å²) in [6.45, 7) is 11.8. The van der Waals surface area contributed by atoms with Crippen LogP contribution in [-0.4, -0.2) is 36.2 Å². The quantitative estimate of drug-likeness (QED) is 0.361. The van der Waals surface area contributed by atoms with Crippen LogP contribution < -0.4 is 10.6 Å². The normalized spacial score (nSPS) is 11.9. The molecule has 35 heavy (non-hydrogen) atoms. The topological polar surface area (TPSA) is 93.7 Å². The van der Waals surface area contributed by atoms with E-state index < -0.39 is 23.7 Å². The van der Waals surface area contributed by atoms with Gasteiger partial charge in [0.05, 0.1) is 0 Å². The Morgan fingerprint density at radius 2 is 1.57 bits per heavy atom. The minimum absolute atomic E-state index is 0.105. The van der Waals surface area contributed by atoms with Gasteiger partial charge in [-0.1, -0.05) is 48.0 Å². The third-order valence-corrected chi connectivity index (χ3v) is 5.31. The van der Waals surface area contributed by atoms with Crippen LogP contribution in [0, 0.1) is 20.8 Å². The van der Waals surface area contributed by atoms with Crippen molar-refractivity contribution in [3.8, 4) is 0 Å². The van der Waals surface area contributed by atoms with E-state index in [9.17, 15) is 14.4 Å². The SMILES string of the molecule is Cc1cc(C)c(C(=O)NCCCC[C@@H](NC(=O)OCc2ccccc2)C(=O)OC(C)(C)C)c(C)c1. The summed E-state index contributed by atoms with van der Waals surface area (Å²) in [5.74, 6) is -0.615. The molecule has 0 aromatic heterocycles. The van der Waals surface area contributed by atoms with Gasteiger partial charge in [0.25, 0.3) is 5.91 Å². The van der Waals surface area contributed by atoms with Crippen molar-refractivity contribution in [1.82, 2.24) is 10.6 Å². The first-order valence-corrected chi connectivity index (χ1v) is 12.0. The molecule has 0 bridgehead atoms. The molecule has 0 radical (unpaired) electrons. The first-order chi connectivity index (χ1) is 16.5. The van der Waals surface area contributed by atoms with Gasteiger partial charge in [0.2, 0.25) is 0 Å². The summed E-state index contributed by atoms with van der Waals surface area (Å²) < 4.78 is 10.7. The summed E-state index contributed by atoms with van der Waals surface area (Å²) in [6, 6.07) is 12.5. The van der Waals surface area contributed by atoms with E-state index in [1.54, 1.807) is 20.8 Å². The van der Waals surface area contributed by atoms with Crippen LogP contribution in [0.3, 0.4) is 0 Å². The molecule has 7 heteroatoms. The van der Waals surface area contributed by atoms with Crippen molar-refractivity contribution in [3.05, 3.63) is 70.3 Å². The Hall–Kier alpha value is -3.35. The van der Waals surface area contributed by atoms with E-state index in [-0.39, 0.29) is 12.5 Å². The molecule has 0 unspecified atom stereocenters. The first-order valence-electron chi connectivity index (χ1n) is 12.0. The number of hydrogen-bond acceptors (Lipinski definition) is 5. The van der Waals surface area contributed by atoms with Gasteiger partial charge in [-0.25, -0.2) is 9.59 Å². The lowest BCUT2D eigenvalue weighted by molar-refractivity contribution is -0.157. The third kappa shape index (κ3) is 9.81. The number of amides is 2. The fraction of sp³-hybridized carbons (Fsp3) is 0.464. The first kappa shape index (κ1) is 27.9. The molecule has 190 valence electrons. The number of carbonyl (C=O) groups is 3. The summed E-state index contributed by atoms with van der Waals surface area (Å²) >= 11 is 0. The van der Waals surface area contributed by atoms with Gasteiger partial charge in [-0.15, -0.1) is 0 Å². The molecule has 0 saturated heterocycles. The standard InChI is InChI=1S/C28H38N2O5/c1-19-16-20(2)24(21(3)17-19)25(31)29-15-11-10-14-23(26(32)35-28(4,5)6)30-27(33)34-18-22-12-8-7-9-13-22/h7-9,12-13,16-17,23H,10-11,14-15,18H2,1-6H3,(H,29,31)(H,30,33)/t23-/m1/s1. The largest absolute Gasteiger partial charge is 0.458 e. The molecule has 0 fully saturated rings. The second-order valence-corrected chi connectivity index (χ2v) is 9.82. The number of rotatable bonds is 10. The van der Waals surface area contributed by atoms with Crippen molar-refractivity contribution >= 4 is 18.0 Å². The van der Waals surface area contributed by atoms with Crippen LogP contribution >= 0.6 is 0 Å². The number of benzene rings is 2. The lowest BCUT2D eigenvalue weighted by atomic mass is 9.99. The highest BCUT2D eigenvalue weighted by Gasteiger charge is 2.27. The van der Waals surface area contributed by atoms with Crippen LogP contribution in [0.15, 0.2) is 42.5 Å². The van der Waals surface area contributed by atoms with Gasteiger partial charge in [0, 0.05) is 12.1 Å². The lowest BCUT2D eigenvalue weighted by Gasteiger charge is -2.24. The van der Waals surface area contributed by atoms with E-state index in [1.165, 1.54) is 0 Å². The number of hydrogen-bond donors (Lipinski definition) is 2. The number of unbranched alkanes of at least 4 members (excludes halogenated alkanes) is 1. The third-order valence-electron chi connectivity index (χ3n) is 5.31. The molecule has 2 aromatic carbocycles. The molecule has 7 nitrogen and oxygen atoms in total. The number of alkyl carbamates (subject to hydrolysis) is 1. The van der Waals surface area contributed by atoms with Crippen LogP contribution in [0.25, 0.3) is 0 Å². The summed E-state index contributed by atoms with van der Waals surface area (Å²) in [5, 5.41) is 5.59. The molecule has 2 N–H and O–H groups in total. The molecule has 1 atom stereocenters. The summed E-state index contributed by atoms with van der Waals surface area (Å²) in [5.41, 5.74) is 3.89. The fourth-order valence-corrected chi connectivity index (χ4v) is 3.83. The van der Waals surface area contributed by atoms with Crippen molar-refractivity contribution in [2.45, 2.75) is 79.1 Å². The average Bonchev–Trinajstić information content (AvgIpc) is 2.75. The molecule has 0 aliphatic rings. The summed E-state index contributed by atoms with van der Waals surface area (Å²) in [4.78, 5) is 37.6. The molecule has 0 heterocycles. The molecule has 2 rings (SSSR count). The molecule has 0 spiro atoms. The van der Waals surface area contributed by atoms with Crippen molar-refractivity contribution in [3.63, 3.8) is 0 Å². The van der Waals surface area contributed by atoms with E-state index in [0.29, 0.717) is 31.4 Å². The minimum atomic E-state index is -0.838. The Balaban J connectivity index is 1.87. The zero-order chi connectivity index (χ0) is 26.0. The van der Waals surface area contributed by atoms with Gasteiger partial charge in [-0.2, -0.15) is 0 Å². The zero-order valence-electron chi connectivity index (χ0n) is 21.7. The van der Waals surface area contributed by atoms with Crippen molar-refractivity contribution in [2.24, 2.45) is 0 Å². The van der Waals surface area contributed by atoms with Gasteiger partial charge in [0.15, 0.2) is 0 Å². The summed E-state index contributed by atoms with van der Waals surface area (Å²) in [6.07, 6.45) is 0.946. The Bertz CT molecular complexity index is 989.